The molecule has 0 saturated heterocycles. The van der Waals surface area contributed by atoms with E-state index in [1.807, 2.05) is 42.5 Å². The van der Waals surface area contributed by atoms with Crippen molar-refractivity contribution in [2.24, 2.45) is 0 Å². The molecule has 1 aliphatic heterocycles. The van der Waals surface area contributed by atoms with Crippen molar-refractivity contribution in [3.8, 4) is 0 Å². The molecule has 0 saturated carbocycles. The van der Waals surface area contributed by atoms with E-state index in [-0.39, 0.29) is 5.56 Å². The van der Waals surface area contributed by atoms with Crippen LogP contribution >= 0.6 is 34.7 Å². The van der Waals surface area contributed by atoms with Crippen LogP contribution in [-0.4, -0.2) is 26.0 Å². The molecule has 0 atom stereocenters. The summed E-state index contributed by atoms with van der Waals surface area (Å²) in [5.74, 6) is 0.774. The second-order valence-electron chi connectivity index (χ2n) is 7.27. The number of rotatable bonds is 5. The minimum Gasteiger partial charge on any atom is -0.294 e. The maximum Gasteiger partial charge on any atom is 0.279 e. The fourth-order valence-corrected chi connectivity index (χ4v) is 5.62. The molecule has 0 unspecified atom stereocenters. The molecule has 30 heavy (non-hydrogen) atoms. The van der Waals surface area contributed by atoms with E-state index in [4.69, 9.17) is 16.6 Å². The zero-order valence-corrected chi connectivity index (χ0v) is 18.5. The van der Waals surface area contributed by atoms with Crippen LogP contribution < -0.4 is 5.56 Å². The molecule has 0 spiro atoms. The van der Waals surface area contributed by atoms with Gasteiger partial charge in [0.05, 0.1) is 11.3 Å². The topological polar surface area (TPSA) is 50.5 Å². The van der Waals surface area contributed by atoms with E-state index in [9.17, 15) is 4.79 Å². The Labute approximate surface area is 187 Å². The monoisotopic (exact) mass is 454 g/mol. The second-order valence-corrected chi connectivity index (χ2v) is 9.88. The normalized spacial score (nSPS) is 14.2. The molecular weight excluding hydrogens is 436 g/mol. The summed E-state index contributed by atoms with van der Waals surface area (Å²) in [6, 6.07) is 18.1. The highest BCUT2D eigenvalue weighted by Gasteiger charge is 2.23. The molecule has 0 N–H and O–H groups in total. The van der Waals surface area contributed by atoms with Crippen molar-refractivity contribution >= 4 is 39.7 Å². The minimum atomic E-state index is -0.0395. The number of benzene rings is 2. The predicted octanol–water partition coefficient (Wildman–Crippen LogP) is 4.66. The van der Waals surface area contributed by atoms with Gasteiger partial charge in [-0.3, -0.25) is 9.69 Å². The first-order valence-electron chi connectivity index (χ1n) is 9.71. The van der Waals surface area contributed by atoms with Crippen LogP contribution in [0.2, 0.25) is 5.02 Å². The third-order valence-corrected chi connectivity index (χ3v) is 7.51. The van der Waals surface area contributed by atoms with Gasteiger partial charge in [-0.25, -0.2) is 4.98 Å². The number of nitrogens with zero attached hydrogens (tertiary/aromatic N) is 4. The Hall–Kier alpha value is -2.19. The van der Waals surface area contributed by atoms with Gasteiger partial charge in [0.1, 0.15) is 0 Å². The van der Waals surface area contributed by atoms with E-state index in [0.29, 0.717) is 11.5 Å². The van der Waals surface area contributed by atoms with E-state index < -0.39 is 0 Å². The molecule has 2 aromatic carbocycles. The molecule has 0 aliphatic carbocycles. The van der Waals surface area contributed by atoms with Gasteiger partial charge in [-0.1, -0.05) is 77.2 Å². The Kier molecular flexibility index (Phi) is 5.60. The summed E-state index contributed by atoms with van der Waals surface area (Å²) >= 11 is 9.04. The number of fused-ring (bicyclic) bond motifs is 2. The molecule has 0 bridgehead atoms. The quantitative estimate of drug-likeness (QED) is 0.411. The SMILES string of the molecule is O=c1c2c(nc3sc(SCc4ccc(Cl)cc4)nn13)CCN(Cc1ccccc1)C2. The second kappa shape index (κ2) is 8.51. The summed E-state index contributed by atoms with van der Waals surface area (Å²) in [5, 5.41) is 5.27. The van der Waals surface area contributed by atoms with Gasteiger partial charge < -0.3 is 0 Å². The minimum absolute atomic E-state index is 0.0395. The van der Waals surface area contributed by atoms with Crippen LogP contribution in [0.4, 0.5) is 0 Å². The third kappa shape index (κ3) is 4.16. The lowest BCUT2D eigenvalue weighted by Gasteiger charge is -2.27. The van der Waals surface area contributed by atoms with Crippen molar-refractivity contribution < 1.29 is 0 Å². The summed E-state index contributed by atoms with van der Waals surface area (Å²) in [6.45, 7) is 2.35. The third-order valence-electron chi connectivity index (χ3n) is 5.14. The highest BCUT2D eigenvalue weighted by molar-refractivity contribution is 8.00. The lowest BCUT2D eigenvalue weighted by Crippen LogP contribution is -2.36. The molecule has 1 aliphatic rings. The van der Waals surface area contributed by atoms with Crippen molar-refractivity contribution in [3.05, 3.63) is 92.4 Å². The number of aromatic nitrogens is 3. The van der Waals surface area contributed by atoms with E-state index in [1.165, 1.54) is 27.0 Å². The summed E-state index contributed by atoms with van der Waals surface area (Å²) in [6.07, 6.45) is 0.791. The number of thioether (sulfide) groups is 1. The van der Waals surface area contributed by atoms with Crippen molar-refractivity contribution in [2.45, 2.75) is 29.6 Å². The average Bonchev–Trinajstić information content (AvgIpc) is 3.18. The first kappa shape index (κ1) is 19.8. The lowest BCUT2D eigenvalue weighted by atomic mass is 10.1. The molecule has 8 heteroatoms. The van der Waals surface area contributed by atoms with E-state index in [1.54, 1.807) is 11.8 Å². The summed E-state index contributed by atoms with van der Waals surface area (Å²) < 4.78 is 2.32. The standard InChI is InChI=1S/C22H19ClN4OS2/c23-17-8-6-16(7-9-17)14-29-22-25-27-20(28)18-13-26(12-15-4-2-1-3-5-15)11-10-19(18)24-21(27)30-22/h1-9H,10-14H2. The predicted molar refractivity (Wildman–Crippen MR) is 122 cm³/mol. The van der Waals surface area contributed by atoms with Crippen LogP contribution in [0.25, 0.3) is 4.96 Å². The molecule has 0 fully saturated rings. The van der Waals surface area contributed by atoms with Gasteiger partial charge in [0.2, 0.25) is 4.96 Å². The molecule has 4 aromatic rings. The van der Waals surface area contributed by atoms with Gasteiger partial charge in [0.25, 0.3) is 5.56 Å². The molecule has 0 amide bonds. The van der Waals surface area contributed by atoms with Crippen molar-refractivity contribution in [3.63, 3.8) is 0 Å². The van der Waals surface area contributed by atoms with Gasteiger partial charge in [-0.05, 0) is 23.3 Å². The first-order chi connectivity index (χ1) is 14.7. The van der Waals surface area contributed by atoms with Gasteiger partial charge in [0.15, 0.2) is 4.34 Å². The van der Waals surface area contributed by atoms with E-state index in [2.05, 4.69) is 22.1 Å². The van der Waals surface area contributed by atoms with Crippen LogP contribution in [0, 0.1) is 0 Å². The van der Waals surface area contributed by atoms with Crippen LogP contribution in [0.3, 0.4) is 0 Å². The van der Waals surface area contributed by atoms with Crippen molar-refractivity contribution in [1.29, 1.82) is 0 Å². The van der Waals surface area contributed by atoms with Gasteiger partial charge in [0, 0.05) is 36.8 Å². The lowest BCUT2D eigenvalue weighted by molar-refractivity contribution is 0.241. The molecule has 5 rings (SSSR count). The van der Waals surface area contributed by atoms with Crippen LogP contribution in [0.5, 0.6) is 0 Å². The van der Waals surface area contributed by atoms with Crippen LogP contribution in [0.1, 0.15) is 22.4 Å². The zero-order valence-electron chi connectivity index (χ0n) is 16.1. The van der Waals surface area contributed by atoms with Crippen molar-refractivity contribution in [1.82, 2.24) is 19.5 Å². The van der Waals surface area contributed by atoms with E-state index >= 15 is 0 Å². The molecule has 152 valence electrons. The Morgan fingerprint density at radius 3 is 2.67 bits per heavy atom. The van der Waals surface area contributed by atoms with Crippen LogP contribution in [0.15, 0.2) is 63.7 Å². The van der Waals surface area contributed by atoms with Gasteiger partial charge >= 0.3 is 0 Å². The fraction of sp³-hybridized carbons (Fsp3) is 0.227. The molecule has 5 nitrogen and oxygen atoms in total. The first-order valence-corrected chi connectivity index (χ1v) is 11.9. The Bertz CT molecular complexity index is 1240. The molecular formula is C22H19ClN4OS2. The van der Waals surface area contributed by atoms with Crippen molar-refractivity contribution in [2.75, 3.05) is 6.54 Å². The maximum atomic E-state index is 13.1. The fourth-order valence-electron chi connectivity index (χ4n) is 3.60. The Balaban J connectivity index is 1.36. The highest BCUT2D eigenvalue weighted by Crippen LogP contribution is 2.28. The summed E-state index contributed by atoms with van der Waals surface area (Å²) in [5.41, 5.74) is 4.07. The maximum absolute atomic E-state index is 13.1. The molecule has 2 aromatic heterocycles. The highest BCUT2D eigenvalue weighted by atomic mass is 35.5. The van der Waals surface area contributed by atoms with Crippen LogP contribution in [-0.2, 0) is 25.3 Å². The Morgan fingerprint density at radius 2 is 1.87 bits per heavy atom. The van der Waals surface area contributed by atoms with Gasteiger partial charge in [-0.15, -0.1) is 5.10 Å². The van der Waals surface area contributed by atoms with E-state index in [0.717, 1.165) is 45.9 Å². The summed E-state index contributed by atoms with van der Waals surface area (Å²) in [4.78, 5) is 20.9. The zero-order chi connectivity index (χ0) is 20.5. The molecule has 3 heterocycles. The smallest absolute Gasteiger partial charge is 0.279 e. The average molecular weight is 455 g/mol. The molecule has 0 radical (unpaired) electrons. The number of halogens is 1. The number of hydrogen-bond donors (Lipinski definition) is 0. The number of hydrogen-bond acceptors (Lipinski definition) is 6. The summed E-state index contributed by atoms with van der Waals surface area (Å²) in [7, 11) is 0. The Morgan fingerprint density at radius 1 is 1.07 bits per heavy atom. The van der Waals surface area contributed by atoms with Gasteiger partial charge in [-0.2, -0.15) is 4.52 Å². The largest absolute Gasteiger partial charge is 0.294 e.